The summed E-state index contributed by atoms with van der Waals surface area (Å²) in [6.07, 6.45) is 4.82. The molecule has 0 spiro atoms. The zero-order valence-corrected chi connectivity index (χ0v) is 8.83. The number of primary amides is 1. The van der Waals surface area contributed by atoms with Crippen molar-refractivity contribution in [3.8, 4) is 17.1 Å². The molecule has 1 amide bonds. The zero-order valence-electron chi connectivity index (χ0n) is 8.83. The van der Waals surface area contributed by atoms with Gasteiger partial charge in [0.05, 0.1) is 5.56 Å². The van der Waals surface area contributed by atoms with Crippen LogP contribution in [0.1, 0.15) is 10.5 Å². The molecular weight excluding hydrogens is 218 g/mol. The molecule has 2 N–H and O–H groups in total. The van der Waals surface area contributed by atoms with Gasteiger partial charge in [0.15, 0.2) is 0 Å². The fourth-order valence-corrected chi connectivity index (χ4v) is 1.75. The Balaban J connectivity index is 2.26. The van der Waals surface area contributed by atoms with Gasteiger partial charge in [0.2, 0.25) is 0 Å². The maximum absolute atomic E-state index is 11.1. The van der Waals surface area contributed by atoms with Crippen molar-refractivity contribution in [2.24, 2.45) is 5.73 Å². The molecule has 0 fully saturated rings. The van der Waals surface area contributed by atoms with Crippen LogP contribution in [0.2, 0.25) is 0 Å². The number of nitrogens with two attached hydrogens (primary N) is 1. The highest BCUT2D eigenvalue weighted by Gasteiger charge is 2.17. The second-order valence-corrected chi connectivity index (χ2v) is 3.62. The van der Waals surface area contributed by atoms with Crippen LogP contribution in [0.25, 0.3) is 17.6 Å². The second kappa shape index (κ2) is 3.48. The normalized spacial score (nSPS) is 12.2. The van der Waals surface area contributed by atoms with Gasteiger partial charge < -0.3 is 15.0 Å². The van der Waals surface area contributed by atoms with Gasteiger partial charge in [-0.05, 0) is 12.1 Å². The van der Waals surface area contributed by atoms with Gasteiger partial charge in [-0.15, -0.1) is 0 Å². The Bertz CT molecular complexity index is 628. The number of carbonyl (C=O) groups is 1. The minimum atomic E-state index is -0.544. The van der Waals surface area contributed by atoms with Crippen LogP contribution < -0.4 is 10.5 Å². The summed E-state index contributed by atoms with van der Waals surface area (Å²) in [6, 6.07) is 7.48. The van der Waals surface area contributed by atoms with Crippen molar-refractivity contribution >= 4 is 12.1 Å². The highest BCUT2D eigenvalue weighted by Crippen LogP contribution is 2.31. The molecule has 17 heavy (non-hydrogen) atoms. The molecule has 0 saturated heterocycles. The third-order valence-corrected chi connectivity index (χ3v) is 2.53. The molecule has 3 rings (SSSR count). The van der Waals surface area contributed by atoms with Gasteiger partial charge in [0, 0.05) is 12.4 Å². The van der Waals surface area contributed by atoms with Crippen molar-refractivity contribution in [1.29, 1.82) is 0 Å². The highest BCUT2D eigenvalue weighted by atomic mass is 16.5. The number of para-hydroxylation sites is 1. The Kier molecular flexibility index (Phi) is 1.98. The lowest BCUT2D eigenvalue weighted by Crippen LogP contribution is -2.11. The minimum absolute atomic E-state index is 0.237. The predicted octanol–water partition coefficient (Wildman–Crippen LogP) is 1.47. The highest BCUT2D eigenvalue weighted by molar-refractivity contribution is 5.91. The van der Waals surface area contributed by atoms with Crippen LogP contribution in [-0.2, 0) is 0 Å². The fraction of sp³-hybridized carbons (Fsp3) is 0. The van der Waals surface area contributed by atoms with E-state index < -0.39 is 5.91 Å². The lowest BCUT2D eigenvalue weighted by atomic mass is 10.2. The Labute approximate surface area is 97.1 Å². The molecule has 5 heteroatoms. The molecule has 1 aromatic heterocycles. The maximum Gasteiger partial charge on any atom is 0.268 e. The molecule has 0 unspecified atom stereocenters. The number of hydrogen-bond acceptors (Lipinski definition) is 3. The van der Waals surface area contributed by atoms with E-state index in [-0.39, 0.29) is 5.69 Å². The third-order valence-electron chi connectivity index (χ3n) is 2.53. The van der Waals surface area contributed by atoms with Gasteiger partial charge in [-0.2, -0.15) is 0 Å². The fourth-order valence-electron chi connectivity index (χ4n) is 1.75. The topological polar surface area (TPSA) is 70.1 Å². The van der Waals surface area contributed by atoms with Gasteiger partial charge in [0.1, 0.15) is 23.5 Å². The smallest absolute Gasteiger partial charge is 0.268 e. The number of nitrogens with zero attached hydrogens (tertiary/aromatic N) is 2. The van der Waals surface area contributed by atoms with Crippen LogP contribution in [0, 0.1) is 0 Å². The number of benzene rings is 1. The Hall–Kier alpha value is -2.56. The van der Waals surface area contributed by atoms with E-state index in [0.29, 0.717) is 11.6 Å². The number of rotatable bonds is 1. The number of aromatic nitrogens is 2. The lowest BCUT2D eigenvalue weighted by Gasteiger charge is -2.03. The van der Waals surface area contributed by atoms with Gasteiger partial charge in [0.25, 0.3) is 5.91 Å². The number of amides is 1. The van der Waals surface area contributed by atoms with E-state index >= 15 is 0 Å². The summed E-state index contributed by atoms with van der Waals surface area (Å²) in [5.74, 6) is 0.796. The first kappa shape index (κ1) is 9.65. The minimum Gasteiger partial charge on any atom is -0.463 e. The van der Waals surface area contributed by atoms with E-state index in [1.807, 2.05) is 24.3 Å². The molecule has 0 atom stereocenters. The number of fused-ring (bicyclic) bond motifs is 3. The lowest BCUT2D eigenvalue weighted by molar-refractivity contribution is 0.0996. The molecule has 2 aromatic rings. The number of carbonyl (C=O) groups excluding carboxylic acids is 1. The summed E-state index contributed by atoms with van der Waals surface area (Å²) >= 11 is 0. The maximum atomic E-state index is 11.1. The van der Waals surface area contributed by atoms with Crippen LogP contribution in [-0.4, -0.2) is 15.5 Å². The van der Waals surface area contributed by atoms with Gasteiger partial charge in [-0.1, -0.05) is 12.1 Å². The first-order valence-corrected chi connectivity index (χ1v) is 5.07. The number of ether oxygens (including phenoxy) is 1. The van der Waals surface area contributed by atoms with E-state index in [2.05, 4.69) is 4.98 Å². The summed E-state index contributed by atoms with van der Waals surface area (Å²) in [5, 5.41) is 0. The van der Waals surface area contributed by atoms with Crippen LogP contribution in [0.15, 0.2) is 36.7 Å². The van der Waals surface area contributed by atoms with Crippen molar-refractivity contribution in [2.75, 3.05) is 0 Å². The molecule has 0 aliphatic carbocycles. The molecule has 1 aliphatic rings. The van der Waals surface area contributed by atoms with Crippen LogP contribution in [0.4, 0.5) is 0 Å². The molecular formula is C12H9N3O2. The van der Waals surface area contributed by atoms with Gasteiger partial charge in [-0.3, -0.25) is 4.79 Å². The molecule has 0 radical (unpaired) electrons. The summed E-state index contributed by atoms with van der Waals surface area (Å²) in [7, 11) is 0. The largest absolute Gasteiger partial charge is 0.463 e. The van der Waals surface area contributed by atoms with Crippen molar-refractivity contribution in [1.82, 2.24) is 9.55 Å². The zero-order chi connectivity index (χ0) is 11.8. The predicted molar refractivity (Wildman–Crippen MR) is 62.1 cm³/mol. The average molecular weight is 227 g/mol. The Morgan fingerprint density at radius 3 is 3.00 bits per heavy atom. The van der Waals surface area contributed by atoms with Crippen molar-refractivity contribution < 1.29 is 9.53 Å². The summed E-state index contributed by atoms with van der Waals surface area (Å²) < 4.78 is 7.15. The first-order valence-electron chi connectivity index (χ1n) is 5.07. The second-order valence-electron chi connectivity index (χ2n) is 3.62. The molecule has 0 saturated carbocycles. The molecule has 5 nitrogen and oxygen atoms in total. The molecule has 1 aliphatic heterocycles. The molecule has 2 heterocycles. The van der Waals surface area contributed by atoms with Crippen molar-refractivity contribution in [2.45, 2.75) is 0 Å². The molecule has 84 valence electrons. The third kappa shape index (κ3) is 1.48. The van der Waals surface area contributed by atoms with Crippen LogP contribution >= 0.6 is 0 Å². The van der Waals surface area contributed by atoms with E-state index in [9.17, 15) is 4.79 Å². The summed E-state index contributed by atoms with van der Waals surface area (Å²) in [4.78, 5) is 15.3. The number of hydrogen-bond donors (Lipinski definition) is 1. The SMILES string of the molecule is NC(=O)c1cn2c(n1)-c1ccccc1OC=C2. The Morgan fingerprint density at radius 2 is 2.18 bits per heavy atom. The monoisotopic (exact) mass is 227 g/mol. The van der Waals surface area contributed by atoms with Crippen LogP contribution in [0.5, 0.6) is 5.75 Å². The van der Waals surface area contributed by atoms with Crippen molar-refractivity contribution in [3.63, 3.8) is 0 Å². The van der Waals surface area contributed by atoms with E-state index in [0.717, 1.165) is 5.56 Å². The standard InChI is InChI=1S/C12H9N3O2/c13-11(16)9-7-15-5-6-17-10-4-2-1-3-8(10)12(15)14-9/h1-7H,(H2,13,16). The van der Waals surface area contributed by atoms with Gasteiger partial charge >= 0.3 is 0 Å². The van der Waals surface area contributed by atoms with Crippen molar-refractivity contribution in [3.05, 3.63) is 42.4 Å². The van der Waals surface area contributed by atoms with E-state index in [1.54, 1.807) is 23.2 Å². The molecule has 1 aromatic carbocycles. The van der Waals surface area contributed by atoms with Crippen LogP contribution in [0.3, 0.4) is 0 Å². The Morgan fingerprint density at radius 1 is 1.35 bits per heavy atom. The first-order chi connectivity index (χ1) is 8.25. The van der Waals surface area contributed by atoms with E-state index in [4.69, 9.17) is 10.5 Å². The van der Waals surface area contributed by atoms with E-state index in [1.165, 1.54) is 0 Å². The summed E-state index contributed by atoms with van der Waals surface area (Å²) in [5.41, 5.74) is 6.28. The molecule has 0 bridgehead atoms. The van der Waals surface area contributed by atoms with Gasteiger partial charge in [-0.25, -0.2) is 4.98 Å². The number of imidazole rings is 1. The average Bonchev–Trinajstić information content (AvgIpc) is 2.67. The quantitative estimate of drug-likeness (QED) is 0.801. The summed E-state index contributed by atoms with van der Waals surface area (Å²) in [6.45, 7) is 0.